The van der Waals surface area contributed by atoms with Crippen LogP contribution in [0.1, 0.15) is 36.5 Å². The minimum absolute atomic E-state index is 0.0422. The molecule has 1 aromatic carbocycles. The van der Waals surface area contributed by atoms with Crippen LogP contribution in [-0.2, 0) is 10.0 Å². The second-order valence-electron chi connectivity index (χ2n) is 6.15. The first kappa shape index (κ1) is 21.2. The van der Waals surface area contributed by atoms with E-state index in [1.807, 2.05) is 6.92 Å². The summed E-state index contributed by atoms with van der Waals surface area (Å²) in [6.07, 6.45) is 1.83. The summed E-state index contributed by atoms with van der Waals surface area (Å²) in [4.78, 5) is 12.6. The van der Waals surface area contributed by atoms with Gasteiger partial charge in [-0.2, -0.15) is 0 Å². The van der Waals surface area contributed by atoms with E-state index in [-0.39, 0.29) is 17.7 Å². The minimum atomic E-state index is -3.17. The van der Waals surface area contributed by atoms with Gasteiger partial charge in [0.1, 0.15) is 0 Å². The highest BCUT2D eigenvalue weighted by Gasteiger charge is 2.28. The molecule has 1 heterocycles. The quantitative estimate of drug-likeness (QED) is 0.586. The number of methoxy groups -OCH3 is 2. The van der Waals surface area contributed by atoms with Gasteiger partial charge in [-0.15, -0.1) is 0 Å². The van der Waals surface area contributed by atoms with Crippen LogP contribution in [-0.4, -0.2) is 57.7 Å². The topological polar surface area (TPSA) is 84.9 Å². The minimum Gasteiger partial charge on any atom is -0.493 e. The summed E-state index contributed by atoms with van der Waals surface area (Å²) in [5.74, 6) is 1.06. The molecule has 1 aliphatic heterocycles. The van der Waals surface area contributed by atoms with E-state index in [1.54, 1.807) is 19.2 Å². The Morgan fingerprint density at radius 3 is 2.35 bits per heavy atom. The highest BCUT2D eigenvalue weighted by atomic mass is 127. The van der Waals surface area contributed by atoms with E-state index >= 15 is 0 Å². The summed E-state index contributed by atoms with van der Waals surface area (Å²) in [7, 11) is -0.0956. The molecule has 0 saturated carbocycles. The van der Waals surface area contributed by atoms with Crippen LogP contribution >= 0.6 is 22.6 Å². The Morgan fingerprint density at radius 2 is 1.81 bits per heavy atom. The second-order valence-corrected chi connectivity index (χ2v) is 9.40. The van der Waals surface area contributed by atoms with Gasteiger partial charge in [0.15, 0.2) is 11.5 Å². The zero-order valence-corrected chi connectivity index (χ0v) is 18.2. The number of sulfonamides is 1. The normalized spacial score (nSPS) is 16.3. The fraction of sp³-hybridized carbons (Fsp3) is 0.588. The Morgan fingerprint density at radius 1 is 1.23 bits per heavy atom. The third kappa shape index (κ3) is 5.01. The lowest BCUT2D eigenvalue weighted by atomic mass is 10.1. The number of benzene rings is 1. The molecule has 146 valence electrons. The molecule has 1 aromatic rings. The summed E-state index contributed by atoms with van der Waals surface area (Å²) in [6.45, 7) is 2.74. The molecule has 0 bridgehead atoms. The Hall–Kier alpha value is -1.07. The van der Waals surface area contributed by atoms with Gasteiger partial charge in [-0.3, -0.25) is 4.79 Å². The maximum absolute atomic E-state index is 12.6. The smallest absolute Gasteiger partial charge is 0.252 e. The zero-order valence-electron chi connectivity index (χ0n) is 15.2. The van der Waals surface area contributed by atoms with E-state index in [0.29, 0.717) is 49.4 Å². The summed E-state index contributed by atoms with van der Waals surface area (Å²) in [5.41, 5.74) is 0.518. The number of carbonyl (C=O) groups excluding carboxylic acids is 1. The molecular weight excluding hydrogens is 471 g/mol. The van der Waals surface area contributed by atoms with E-state index < -0.39 is 10.0 Å². The van der Waals surface area contributed by atoms with Gasteiger partial charge in [-0.25, -0.2) is 12.7 Å². The van der Waals surface area contributed by atoms with Crippen molar-refractivity contribution < 1.29 is 22.7 Å². The molecule has 1 fully saturated rings. The first-order valence-corrected chi connectivity index (χ1v) is 11.2. The predicted molar refractivity (Wildman–Crippen MR) is 108 cm³/mol. The third-order valence-corrected chi connectivity index (χ3v) is 7.33. The maximum Gasteiger partial charge on any atom is 0.252 e. The number of amides is 1. The van der Waals surface area contributed by atoms with Crippen molar-refractivity contribution in [3.05, 3.63) is 21.3 Å². The Bertz CT molecular complexity index is 746. The van der Waals surface area contributed by atoms with Gasteiger partial charge in [0, 0.05) is 22.7 Å². The second kappa shape index (κ2) is 9.23. The average molecular weight is 496 g/mol. The molecule has 2 rings (SSSR count). The maximum atomic E-state index is 12.6. The van der Waals surface area contributed by atoms with Crippen LogP contribution in [0.25, 0.3) is 0 Å². The molecule has 0 atom stereocenters. The number of rotatable bonds is 7. The standard InChI is InChI=1S/C17H25IN2O5S/c1-4-9-26(22,23)20-7-5-12(6-8-20)19-17(21)13-10-15(24-2)16(25-3)11-14(13)18/h10-12H,4-9H2,1-3H3,(H,19,21). The van der Waals surface area contributed by atoms with Gasteiger partial charge >= 0.3 is 0 Å². The van der Waals surface area contributed by atoms with Crippen molar-refractivity contribution in [1.82, 2.24) is 9.62 Å². The van der Waals surface area contributed by atoms with Crippen LogP contribution in [0.15, 0.2) is 12.1 Å². The SMILES string of the molecule is CCCS(=O)(=O)N1CCC(NC(=O)c2cc(OC)c(OC)cc2I)CC1. The number of hydrogen-bond donors (Lipinski definition) is 1. The number of nitrogens with one attached hydrogen (secondary N) is 1. The van der Waals surface area contributed by atoms with Crippen molar-refractivity contribution in [3.8, 4) is 11.5 Å². The van der Waals surface area contributed by atoms with E-state index in [1.165, 1.54) is 11.4 Å². The van der Waals surface area contributed by atoms with Crippen LogP contribution in [0.5, 0.6) is 11.5 Å². The molecule has 1 N–H and O–H groups in total. The van der Waals surface area contributed by atoms with Crippen molar-refractivity contribution >= 4 is 38.5 Å². The number of nitrogens with zero attached hydrogens (tertiary/aromatic N) is 1. The van der Waals surface area contributed by atoms with Crippen molar-refractivity contribution in [1.29, 1.82) is 0 Å². The van der Waals surface area contributed by atoms with E-state index in [2.05, 4.69) is 27.9 Å². The van der Waals surface area contributed by atoms with Crippen LogP contribution in [0.2, 0.25) is 0 Å². The highest BCUT2D eigenvalue weighted by molar-refractivity contribution is 14.1. The van der Waals surface area contributed by atoms with Gasteiger partial charge in [-0.1, -0.05) is 6.92 Å². The fourth-order valence-corrected chi connectivity index (χ4v) is 5.18. The van der Waals surface area contributed by atoms with Gasteiger partial charge < -0.3 is 14.8 Å². The average Bonchev–Trinajstić information content (AvgIpc) is 2.61. The van der Waals surface area contributed by atoms with Crippen molar-refractivity contribution in [2.24, 2.45) is 0 Å². The molecule has 26 heavy (non-hydrogen) atoms. The number of piperidine rings is 1. The first-order chi connectivity index (χ1) is 12.3. The molecule has 0 unspecified atom stereocenters. The third-order valence-electron chi connectivity index (χ3n) is 4.36. The van der Waals surface area contributed by atoms with E-state index in [0.717, 1.165) is 3.57 Å². The van der Waals surface area contributed by atoms with Gasteiger partial charge in [0.2, 0.25) is 10.0 Å². The Labute approximate surface area is 168 Å². The monoisotopic (exact) mass is 496 g/mol. The highest BCUT2D eigenvalue weighted by Crippen LogP contribution is 2.31. The molecule has 0 aliphatic carbocycles. The lowest BCUT2D eigenvalue weighted by Crippen LogP contribution is -2.47. The molecule has 9 heteroatoms. The fourth-order valence-electron chi connectivity index (χ4n) is 2.96. The molecule has 0 aromatic heterocycles. The molecule has 0 spiro atoms. The zero-order chi connectivity index (χ0) is 19.3. The number of ether oxygens (including phenoxy) is 2. The van der Waals surface area contributed by atoms with Crippen LogP contribution < -0.4 is 14.8 Å². The van der Waals surface area contributed by atoms with Crippen LogP contribution in [0, 0.1) is 3.57 Å². The summed E-state index contributed by atoms with van der Waals surface area (Å²) in [6, 6.07) is 3.38. The number of hydrogen-bond acceptors (Lipinski definition) is 5. The van der Waals surface area contributed by atoms with Gasteiger partial charge in [0.05, 0.1) is 25.5 Å². The number of halogens is 1. The van der Waals surface area contributed by atoms with Gasteiger partial charge in [-0.05, 0) is 54.0 Å². The first-order valence-electron chi connectivity index (χ1n) is 8.52. The lowest BCUT2D eigenvalue weighted by Gasteiger charge is -2.31. The predicted octanol–water partition coefficient (Wildman–Crippen LogP) is 2.24. The molecular formula is C17H25IN2O5S. The van der Waals surface area contributed by atoms with E-state index in [9.17, 15) is 13.2 Å². The largest absolute Gasteiger partial charge is 0.493 e. The Balaban J connectivity index is 2.02. The summed E-state index contributed by atoms with van der Waals surface area (Å²) >= 11 is 2.09. The molecule has 1 amide bonds. The summed E-state index contributed by atoms with van der Waals surface area (Å²) in [5, 5.41) is 3.01. The Kier molecular flexibility index (Phi) is 7.53. The number of carbonyl (C=O) groups is 1. The van der Waals surface area contributed by atoms with Crippen molar-refractivity contribution in [2.45, 2.75) is 32.2 Å². The molecule has 1 aliphatic rings. The molecule has 1 saturated heterocycles. The van der Waals surface area contributed by atoms with Gasteiger partial charge in [0.25, 0.3) is 5.91 Å². The molecule has 7 nitrogen and oxygen atoms in total. The van der Waals surface area contributed by atoms with Crippen LogP contribution in [0.4, 0.5) is 0 Å². The van der Waals surface area contributed by atoms with Crippen molar-refractivity contribution in [3.63, 3.8) is 0 Å². The summed E-state index contributed by atoms with van der Waals surface area (Å²) < 4.78 is 37.0. The molecule has 0 radical (unpaired) electrons. The lowest BCUT2D eigenvalue weighted by molar-refractivity contribution is 0.0922. The van der Waals surface area contributed by atoms with Crippen molar-refractivity contribution in [2.75, 3.05) is 33.1 Å². The van der Waals surface area contributed by atoms with E-state index in [4.69, 9.17) is 9.47 Å². The van der Waals surface area contributed by atoms with Crippen LogP contribution in [0.3, 0.4) is 0 Å².